The quantitative estimate of drug-likeness (QED) is 0.597. The first-order valence-electron chi connectivity index (χ1n) is 5.27. The van der Waals surface area contributed by atoms with Gasteiger partial charge in [0.15, 0.2) is 0 Å². The third-order valence-electron chi connectivity index (χ3n) is 2.38. The second kappa shape index (κ2) is 7.77. The van der Waals surface area contributed by atoms with E-state index in [0.717, 1.165) is 19.6 Å². The normalized spacial score (nSPS) is 13.2. The summed E-state index contributed by atoms with van der Waals surface area (Å²) < 4.78 is 0. The van der Waals surface area contributed by atoms with E-state index in [1.54, 1.807) is 0 Å². The van der Waals surface area contributed by atoms with Crippen molar-refractivity contribution in [2.45, 2.75) is 19.9 Å². The summed E-state index contributed by atoms with van der Waals surface area (Å²) in [4.78, 5) is 2.39. The molecule has 0 saturated heterocycles. The summed E-state index contributed by atoms with van der Waals surface area (Å²) in [7, 11) is 2.00. The molecule has 0 spiro atoms. The van der Waals surface area contributed by atoms with Crippen molar-refractivity contribution in [1.82, 2.24) is 10.2 Å². The topological polar surface area (TPSA) is 15.3 Å². The van der Waals surface area contributed by atoms with Gasteiger partial charge in [-0.25, -0.2) is 0 Å². The van der Waals surface area contributed by atoms with Crippen LogP contribution in [-0.4, -0.2) is 37.6 Å². The minimum Gasteiger partial charge on any atom is -0.318 e. The Labute approximate surface area is 88.7 Å². The van der Waals surface area contributed by atoms with E-state index in [-0.39, 0.29) is 0 Å². The van der Waals surface area contributed by atoms with Crippen molar-refractivity contribution >= 4 is 0 Å². The van der Waals surface area contributed by atoms with Gasteiger partial charge in [-0.1, -0.05) is 26.0 Å². The summed E-state index contributed by atoms with van der Waals surface area (Å²) in [5.74, 6) is 0.641. The molecule has 0 aromatic rings. The lowest BCUT2D eigenvalue weighted by molar-refractivity contribution is 0.187. The molecule has 0 aliphatic heterocycles. The SMILES string of the molecule is C=CCN(CC=C)C(CNC)C(C)C. The third kappa shape index (κ3) is 4.58. The summed E-state index contributed by atoms with van der Waals surface area (Å²) in [5.41, 5.74) is 0. The number of nitrogens with one attached hydrogen (secondary N) is 1. The predicted molar refractivity (Wildman–Crippen MR) is 64.5 cm³/mol. The van der Waals surface area contributed by atoms with Gasteiger partial charge in [-0.05, 0) is 13.0 Å². The molecule has 0 saturated carbocycles. The van der Waals surface area contributed by atoms with E-state index >= 15 is 0 Å². The maximum Gasteiger partial charge on any atom is 0.0250 e. The molecule has 82 valence electrons. The first kappa shape index (κ1) is 13.4. The van der Waals surface area contributed by atoms with Gasteiger partial charge in [0.2, 0.25) is 0 Å². The molecule has 2 nitrogen and oxygen atoms in total. The summed E-state index contributed by atoms with van der Waals surface area (Å²) in [6, 6.07) is 0.552. The predicted octanol–water partition coefficient (Wildman–Crippen LogP) is 1.90. The lowest BCUT2D eigenvalue weighted by Gasteiger charge is -2.32. The molecule has 1 unspecified atom stereocenters. The van der Waals surface area contributed by atoms with Crippen LogP contribution >= 0.6 is 0 Å². The molecule has 2 heteroatoms. The number of likely N-dealkylation sites (N-methyl/N-ethyl adjacent to an activating group) is 1. The Hall–Kier alpha value is -0.600. The van der Waals surface area contributed by atoms with Gasteiger partial charge < -0.3 is 5.32 Å². The molecule has 1 atom stereocenters. The van der Waals surface area contributed by atoms with Crippen molar-refractivity contribution < 1.29 is 0 Å². The molecular weight excluding hydrogens is 172 g/mol. The average Bonchev–Trinajstić information content (AvgIpc) is 2.13. The fourth-order valence-corrected chi connectivity index (χ4v) is 1.67. The number of hydrogen-bond donors (Lipinski definition) is 1. The van der Waals surface area contributed by atoms with Gasteiger partial charge in [-0.15, -0.1) is 13.2 Å². The lowest BCUT2D eigenvalue weighted by Crippen LogP contribution is -2.45. The maximum atomic E-state index is 3.79. The molecule has 0 rings (SSSR count). The van der Waals surface area contributed by atoms with Crippen LogP contribution in [0.1, 0.15) is 13.8 Å². The highest BCUT2D eigenvalue weighted by Gasteiger charge is 2.18. The average molecular weight is 196 g/mol. The van der Waals surface area contributed by atoms with Crippen molar-refractivity contribution in [1.29, 1.82) is 0 Å². The Bertz CT molecular complexity index is 154. The van der Waals surface area contributed by atoms with E-state index in [0.29, 0.717) is 12.0 Å². The first-order valence-corrected chi connectivity index (χ1v) is 5.27. The summed E-state index contributed by atoms with van der Waals surface area (Å²) in [5, 5.41) is 3.24. The fraction of sp³-hybridized carbons (Fsp3) is 0.667. The molecule has 0 aromatic carbocycles. The van der Waals surface area contributed by atoms with Gasteiger partial charge in [-0.2, -0.15) is 0 Å². The van der Waals surface area contributed by atoms with E-state index in [1.807, 2.05) is 19.2 Å². The molecule has 1 N–H and O–H groups in total. The molecule has 0 bridgehead atoms. The van der Waals surface area contributed by atoms with Crippen molar-refractivity contribution in [3.8, 4) is 0 Å². The van der Waals surface area contributed by atoms with E-state index in [1.165, 1.54) is 0 Å². The zero-order chi connectivity index (χ0) is 11.0. The molecule has 0 heterocycles. The van der Waals surface area contributed by atoms with E-state index in [4.69, 9.17) is 0 Å². The number of rotatable bonds is 8. The molecule has 14 heavy (non-hydrogen) atoms. The van der Waals surface area contributed by atoms with Crippen LogP contribution in [0.2, 0.25) is 0 Å². The van der Waals surface area contributed by atoms with Gasteiger partial charge in [0.05, 0.1) is 0 Å². The van der Waals surface area contributed by atoms with Crippen molar-refractivity contribution in [2.75, 3.05) is 26.7 Å². The third-order valence-corrected chi connectivity index (χ3v) is 2.38. The largest absolute Gasteiger partial charge is 0.318 e. The molecule has 0 aliphatic rings. The van der Waals surface area contributed by atoms with E-state index < -0.39 is 0 Å². The van der Waals surface area contributed by atoms with Crippen LogP contribution in [-0.2, 0) is 0 Å². The molecule has 0 aromatic heterocycles. The summed E-state index contributed by atoms with van der Waals surface area (Å²) >= 11 is 0. The van der Waals surface area contributed by atoms with Crippen LogP contribution < -0.4 is 5.32 Å². The standard InChI is InChI=1S/C12H24N2/c1-6-8-14(9-7-2)12(10-13-5)11(3)4/h6-7,11-13H,1-2,8-10H2,3-5H3. The first-order chi connectivity index (χ1) is 6.67. The van der Waals surface area contributed by atoms with E-state index in [2.05, 4.69) is 37.2 Å². The molecule has 0 radical (unpaired) electrons. The highest BCUT2D eigenvalue weighted by molar-refractivity contribution is 4.86. The van der Waals surface area contributed by atoms with Gasteiger partial charge >= 0.3 is 0 Å². The minimum absolute atomic E-state index is 0.552. The van der Waals surface area contributed by atoms with Crippen LogP contribution in [0.3, 0.4) is 0 Å². The van der Waals surface area contributed by atoms with Gasteiger partial charge in [-0.3, -0.25) is 4.90 Å². The highest BCUT2D eigenvalue weighted by atomic mass is 15.2. The second-order valence-corrected chi connectivity index (χ2v) is 3.90. The maximum absolute atomic E-state index is 3.79. The number of hydrogen-bond acceptors (Lipinski definition) is 2. The zero-order valence-corrected chi connectivity index (χ0v) is 9.79. The number of nitrogens with zero attached hydrogens (tertiary/aromatic N) is 1. The van der Waals surface area contributed by atoms with E-state index in [9.17, 15) is 0 Å². The Morgan fingerprint density at radius 1 is 1.21 bits per heavy atom. The Morgan fingerprint density at radius 2 is 1.71 bits per heavy atom. The Kier molecular flexibility index (Phi) is 7.44. The van der Waals surface area contributed by atoms with Gasteiger partial charge in [0, 0.05) is 25.7 Å². The smallest absolute Gasteiger partial charge is 0.0250 e. The second-order valence-electron chi connectivity index (χ2n) is 3.90. The lowest BCUT2D eigenvalue weighted by atomic mass is 10.0. The fourth-order valence-electron chi connectivity index (χ4n) is 1.67. The van der Waals surface area contributed by atoms with Crippen LogP contribution in [0.15, 0.2) is 25.3 Å². The molecule has 0 aliphatic carbocycles. The molecular formula is C12H24N2. The Morgan fingerprint density at radius 3 is 2.00 bits per heavy atom. The Balaban J connectivity index is 4.35. The minimum atomic E-state index is 0.552. The summed E-state index contributed by atoms with van der Waals surface area (Å²) in [6.45, 7) is 14.9. The van der Waals surface area contributed by atoms with Gasteiger partial charge in [0.25, 0.3) is 0 Å². The van der Waals surface area contributed by atoms with Crippen molar-refractivity contribution in [2.24, 2.45) is 5.92 Å². The van der Waals surface area contributed by atoms with Crippen molar-refractivity contribution in [3.63, 3.8) is 0 Å². The molecule has 0 fully saturated rings. The zero-order valence-electron chi connectivity index (χ0n) is 9.79. The van der Waals surface area contributed by atoms with Crippen LogP contribution in [0.5, 0.6) is 0 Å². The highest BCUT2D eigenvalue weighted by Crippen LogP contribution is 2.10. The van der Waals surface area contributed by atoms with Crippen LogP contribution in [0.4, 0.5) is 0 Å². The summed E-state index contributed by atoms with van der Waals surface area (Å²) in [6.07, 6.45) is 3.91. The van der Waals surface area contributed by atoms with Gasteiger partial charge in [0.1, 0.15) is 0 Å². The van der Waals surface area contributed by atoms with Crippen molar-refractivity contribution in [3.05, 3.63) is 25.3 Å². The van der Waals surface area contributed by atoms with Crippen LogP contribution in [0, 0.1) is 5.92 Å². The van der Waals surface area contributed by atoms with Crippen LogP contribution in [0.25, 0.3) is 0 Å². The monoisotopic (exact) mass is 196 g/mol. The molecule has 0 amide bonds.